The van der Waals surface area contributed by atoms with E-state index < -0.39 is 17.5 Å². The summed E-state index contributed by atoms with van der Waals surface area (Å²) < 4.78 is 34.5. The summed E-state index contributed by atoms with van der Waals surface area (Å²) in [5, 5.41) is 13.5. The molecule has 1 aromatic heterocycles. The molecular formula is C40H47FN2O6. The van der Waals surface area contributed by atoms with Crippen molar-refractivity contribution in [2.24, 2.45) is 0 Å². The summed E-state index contributed by atoms with van der Waals surface area (Å²) in [5.41, 5.74) is 4.02. The van der Waals surface area contributed by atoms with Gasteiger partial charge in [0.2, 0.25) is 0 Å². The highest BCUT2D eigenvalue weighted by molar-refractivity contribution is 6.13. The minimum Gasteiger partial charge on any atom is -0.506 e. The number of hydrogen-bond donors (Lipinski definition) is 2. The second kappa shape index (κ2) is 14.6. The number of nitrogens with one attached hydrogen (secondary N) is 1. The number of phenolic OH excluding ortho intramolecular Hbond substituents is 1. The highest BCUT2D eigenvalue weighted by atomic mass is 19.1. The molecule has 1 aliphatic heterocycles. The van der Waals surface area contributed by atoms with Crippen LogP contribution in [0.1, 0.15) is 89.7 Å². The lowest BCUT2D eigenvalue weighted by molar-refractivity contribution is -0.301. The van der Waals surface area contributed by atoms with Crippen molar-refractivity contribution in [2.75, 3.05) is 5.32 Å². The molecule has 2 heterocycles. The zero-order chi connectivity index (χ0) is 35.5. The van der Waals surface area contributed by atoms with Gasteiger partial charge in [-0.25, -0.2) is 4.39 Å². The second-order valence-electron chi connectivity index (χ2n) is 14.3. The maximum atomic E-state index is 14.4. The van der Waals surface area contributed by atoms with Crippen LogP contribution in [-0.4, -0.2) is 45.1 Å². The monoisotopic (exact) mass is 670 g/mol. The lowest BCUT2D eigenvalue weighted by Gasteiger charge is -2.41. The summed E-state index contributed by atoms with van der Waals surface area (Å²) in [6, 6.07) is 22.6. The number of esters is 1. The molecule has 0 unspecified atom stereocenters. The van der Waals surface area contributed by atoms with E-state index in [1.54, 1.807) is 30.3 Å². The average molecular weight is 671 g/mol. The number of rotatable bonds is 10. The molecule has 4 aromatic rings. The van der Waals surface area contributed by atoms with Crippen LogP contribution in [0.25, 0.3) is 22.4 Å². The maximum absolute atomic E-state index is 14.4. The molecule has 1 amide bonds. The van der Waals surface area contributed by atoms with Gasteiger partial charge in [0.25, 0.3) is 5.91 Å². The fourth-order valence-electron chi connectivity index (χ4n) is 6.62. The van der Waals surface area contributed by atoms with E-state index in [0.717, 1.165) is 22.5 Å². The normalized spacial score (nSPS) is 17.6. The van der Waals surface area contributed by atoms with Crippen molar-refractivity contribution in [3.8, 4) is 28.1 Å². The molecule has 1 aliphatic rings. The molecule has 9 heteroatoms. The topological polar surface area (TPSA) is 99.0 Å². The van der Waals surface area contributed by atoms with Gasteiger partial charge < -0.3 is 29.2 Å². The number of halogens is 1. The molecule has 1 saturated heterocycles. The van der Waals surface area contributed by atoms with Crippen molar-refractivity contribution in [3.63, 3.8) is 0 Å². The smallest absolute Gasteiger partial charge is 0.308 e. The van der Waals surface area contributed by atoms with Gasteiger partial charge in [0.15, 0.2) is 5.79 Å². The Labute approximate surface area is 288 Å². The van der Waals surface area contributed by atoms with Crippen molar-refractivity contribution in [1.82, 2.24) is 4.57 Å². The van der Waals surface area contributed by atoms with E-state index in [1.165, 1.54) is 18.2 Å². The summed E-state index contributed by atoms with van der Waals surface area (Å²) in [7, 11) is 0. The minimum atomic E-state index is -0.926. The molecule has 0 aliphatic carbocycles. The first kappa shape index (κ1) is 35.8. The Kier molecular flexibility index (Phi) is 10.6. The number of nitrogens with zero attached hydrogens (tertiary/aromatic N) is 1. The van der Waals surface area contributed by atoms with E-state index in [0.29, 0.717) is 36.2 Å². The van der Waals surface area contributed by atoms with Crippen molar-refractivity contribution in [2.45, 2.75) is 104 Å². The van der Waals surface area contributed by atoms with Crippen LogP contribution in [0.15, 0.2) is 78.9 Å². The first-order valence-corrected chi connectivity index (χ1v) is 16.9. The molecule has 49 heavy (non-hydrogen) atoms. The highest BCUT2D eigenvalue weighted by Gasteiger charge is 2.38. The summed E-state index contributed by atoms with van der Waals surface area (Å²) in [6.45, 7) is 13.7. The van der Waals surface area contributed by atoms with Crippen LogP contribution in [0.3, 0.4) is 0 Å². The van der Waals surface area contributed by atoms with Gasteiger partial charge in [-0.2, -0.15) is 0 Å². The van der Waals surface area contributed by atoms with Gasteiger partial charge in [-0.3, -0.25) is 9.59 Å². The molecule has 5 rings (SSSR count). The fraction of sp³-hybridized carbons (Fsp3) is 0.400. The standard InChI is InChI=1S/C40H47FN2O6/c1-25(2)36-35(38(46)42-31-15-11-12-16-32(31)44)34(26-13-9-8-10-14-26)37(27-17-19-28(41)20-18-27)43(36)22-21-29-23-30(48-40(6,7)47-29)24-33(45)49-39(3,4)5/h8-20,25,29-30,44H,21-24H2,1-7H3,(H,42,46)/t29-,30-/m0/s1. The number of hydrogen-bond acceptors (Lipinski definition) is 6. The Morgan fingerprint density at radius 1 is 0.959 bits per heavy atom. The molecule has 0 radical (unpaired) electrons. The fourth-order valence-corrected chi connectivity index (χ4v) is 6.62. The second-order valence-corrected chi connectivity index (χ2v) is 14.3. The number of amides is 1. The summed E-state index contributed by atoms with van der Waals surface area (Å²) in [5.74, 6) is -2.13. The van der Waals surface area contributed by atoms with Gasteiger partial charge in [-0.05, 0) is 94.5 Å². The molecule has 2 atom stereocenters. The molecule has 1 fully saturated rings. The Hall–Kier alpha value is -4.47. The van der Waals surface area contributed by atoms with Crippen LogP contribution >= 0.6 is 0 Å². The van der Waals surface area contributed by atoms with Gasteiger partial charge in [0.1, 0.15) is 17.2 Å². The molecule has 3 aromatic carbocycles. The number of benzene rings is 3. The Morgan fingerprint density at radius 2 is 1.59 bits per heavy atom. The van der Waals surface area contributed by atoms with Crippen LogP contribution in [-0.2, 0) is 25.5 Å². The van der Waals surface area contributed by atoms with Gasteiger partial charge in [0.05, 0.1) is 35.6 Å². The summed E-state index contributed by atoms with van der Waals surface area (Å²) in [4.78, 5) is 27.1. The zero-order valence-electron chi connectivity index (χ0n) is 29.4. The third-order valence-electron chi connectivity index (χ3n) is 8.33. The molecule has 8 nitrogen and oxygen atoms in total. The van der Waals surface area contributed by atoms with Crippen molar-refractivity contribution in [1.29, 1.82) is 0 Å². The number of carbonyl (C=O) groups is 2. The van der Waals surface area contributed by atoms with E-state index in [9.17, 15) is 19.1 Å². The minimum absolute atomic E-state index is 0.0402. The van der Waals surface area contributed by atoms with Crippen molar-refractivity contribution < 1.29 is 33.3 Å². The number of aromatic hydroxyl groups is 1. The van der Waals surface area contributed by atoms with Gasteiger partial charge >= 0.3 is 5.97 Å². The van der Waals surface area contributed by atoms with Crippen LogP contribution in [0, 0.1) is 5.82 Å². The Morgan fingerprint density at radius 3 is 2.22 bits per heavy atom. The first-order chi connectivity index (χ1) is 23.1. The van der Waals surface area contributed by atoms with E-state index >= 15 is 0 Å². The van der Waals surface area contributed by atoms with Crippen LogP contribution < -0.4 is 5.32 Å². The number of carbonyl (C=O) groups excluding carboxylic acids is 2. The molecular weight excluding hydrogens is 623 g/mol. The lowest BCUT2D eigenvalue weighted by Crippen LogP contribution is -2.46. The number of aromatic nitrogens is 1. The summed E-state index contributed by atoms with van der Waals surface area (Å²) in [6.07, 6.45) is 0.484. The zero-order valence-corrected chi connectivity index (χ0v) is 29.4. The third-order valence-corrected chi connectivity index (χ3v) is 8.33. The highest BCUT2D eigenvalue weighted by Crippen LogP contribution is 2.43. The van der Waals surface area contributed by atoms with Crippen molar-refractivity contribution >= 4 is 17.6 Å². The van der Waals surface area contributed by atoms with Crippen LogP contribution in [0.4, 0.5) is 10.1 Å². The summed E-state index contributed by atoms with van der Waals surface area (Å²) >= 11 is 0. The molecule has 0 spiro atoms. The van der Waals surface area contributed by atoms with Gasteiger partial charge in [-0.1, -0.05) is 56.3 Å². The lowest BCUT2D eigenvalue weighted by atomic mass is 9.94. The number of ether oxygens (including phenoxy) is 3. The molecule has 0 saturated carbocycles. The molecule has 260 valence electrons. The van der Waals surface area contributed by atoms with Crippen LogP contribution in [0.5, 0.6) is 5.75 Å². The predicted molar refractivity (Wildman–Crippen MR) is 189 cm³/mol. The van der Waals surface area contributed by atoms with E-state index in [2.05, 4.69) is 9.88 Å². The molecule has 2 N–H and O–H groups in total. The largest absolute Gasteiger partial charge is 0.506 e. The number of phenols is 1. The Balaban J connectivity index is 1.60. The van der Waals surface area contributed by atoms with Crippen molar-refractivity contribution in [3.05, 3.63) is 95.9 Å². The third kappa shape index (κ3) is 8.77. The number of para-hydroxylation sites is 2. The van der Waals surface area contributed by atoms with Crippen LogP contribution in [0.2, 0.25) is 0 Å². The predicted octanol–water partition coefficient (Wildman–Crippen LogP) is 9.07. The molecule has 0 bridgehead atoms. The first-order valence-electron chi connectivity index (χ1n) is 16.9. The number of anilines is 1. The maximum Gasteiger partial charge on any atom is 0.308 e. The van der Waals surface area contributed by atoms with E-state index in [-0.39, 0.29) is 41.9 Å². The SMILES string of the molecule is CC(C)c1c(C(=O)Nc2ccccc2O)c(-c2ccccc2)c(-c2ccc(F)cc2)n1CC[C@H]1C[C@@H](CC(=O)OC(C)(C)C)OC(C)(C)O1. The van der Waals surface area contributed by atoms with E-state index in [4.69, 9.17) is 14.2 Å². The quantitative estimate of drug-likeness (QED) is 0.129. The van der Waals surface area contributed by atoms with Gasteiger partial charge in [-0.15, -0.1) is 0 Å². The van der Waals surface area contributed by atoms with E-state index in [1.807, 2.05) is 78.8 Å². The van der Waals surface area contributed by atoms with Gasteiger partial charge in [0, 0.05) is 24.2 Å². The average Bonchev–Trinajstić information content (AvgIpc) is 3.36. The Bertz CT molecular complexity index is 1770.